The fourth-order valence-electron chi connectivity index (χ4n) is 1.74. The standard InChI is InChI=1S/C15H12ClNO5/c1-2-21-15(18)8-5-11-4-7-14(22-11)10-3-6-12(16)13(9-10)17(19)20/h3-9H,2H2,1H3. The number of halogens is 1. The first kappa shape index (κ1) is 15.8. The third kappa shape index (κ3) is 3.73. The smallest absolute Gasteiger partial charge is 0.330 e. The second-order valence-corrected chi connectivity index (χ2v) is 4.62. The first-order valence-electron chi connectivity index (χ1n) is 6.40. The van der Waals surface area contributed by atoms with Crippen LogP contribution in [0.1, 0.15) is 12.7 Å². The number of esters is 1. The first-order valence-corrected chi connectivity index (χ1v) is 6.78. The highest BCUT2D eigenvalue weighted by Crippen LogP contribution is 2.31. The summed E-state index contributed by atoms with van der Waals surface area (Å²) in [5.41, 5.74) is 0.325. The molecule has 2 aromatic rings. The van der Waals surface area contributed by atoms with Gasteiger partial charge in [0.15, 0.2) is 0 Å². The van der Waals surface area contributed by atoms with Gasteiger partial charge in [-0.25, -0.2) is 4.79 Å². The maximum absolute atomic E-state index is 11.2. The van der Waals surface area contributed by atoms with Gasteiger partial charge >= 0.3 is 5.97 Å². The summed E-state index contributed by atoms with van der Waals surface area (Å²) in [6, 6.07) is 7.68. The Hall–Kier alpha value is -2.60. The van der Waals surface area contributed by atoms with Gasteiger partial charge in [0, 0.05) is 17.7 Å². The highest BCUT2D eigenvalue weighted by atomic mass is 35.5. The Bertz CT molecular complexity index is 735. The zero-order valence-corrected chi connectivity index (χ0v) is 12.4. The van der Waals surface area contributed by atoms with Crippen molar-refractivity contribution < 1.29 is 18.9 Å². The molecular weight excluding hydrogens is 310 g/mol. The van der Waals surface area contributed by atoms with Crippen LogP contribution in [0.15, 0.2) is 40.8 Å². The van der Waals surface area contributed by atoms with Crippen LogP contribution in [0.2, 0.25) is 5.02 Å². The van der Waals surface area contributed by atoms with Gasteiger partial charge in [-0.3, -0.25) is 10.1 Å². The molecule has 0 amide bonds. The van der Waals surface area contributed by atoms with Gasteiger partial charge in [-0.05, 0) is 37.3 Å². The van der Waals surface area contributed by atoms with Gasteiger partial charge in [0.1, 0.15) is 16.5 Å². The van der Waals surface area contributed by atoms with Gasteiger partial charge in [-0.2, -0.15) is 0 Å². The number of nitrogens with zero attached hydrogens (tertiary/aromatic N) is 1. The lowest BCUT2D eigenvalue weighted by molar-refractivity contribution is -0.384. The molecule has 114 valence electrons. The molecule has 2 rings (SSSR count). The highest BCUT2D eigenvalue weighted by molar-refractivity contribution is 6.32. The lowest BCUT2D eigenvalue weighted by atomic mass is 10.1. The van der Waals surface area contributed by atoms with Crippen LogP contribution in [-0.4, -0.2) is 17.5 Å². The number of furan rings is 1. The van der Waals surface area contributed by atoms with E-state index in [-0.39, 0.29) is 10.7 Å². The van der Waals surface area contributed by atoms with E-state index in [2.05, 4.69) is 0 Å². The normalized spacial score (nSPS) is 10.8. The lowest BCUT2D eigenvalue weighted by Gasteiger charge is -1.99. The molecule has 0 saturated carbocycles. The minimum absolute atomic E-state index is 0.0581. The number of hydrogen-bond acceptors (Lipinski definition) is 5. The Morgan fingerprint density at radius 1 is 1.41 bits per heavy atom. The Kier molecular flexibility index (Phi) is 4.95. The molecule has 1 heterocycles. The molecule has 0 N–H and O–H groups in total. The number of hydrogen-bond donors (Lipinski definition) is 0. The molecule has 0 aliphatic carbocycles. The van der Waals surface area contributed by atoms with Gasteiger partial charge < -0.3 is 9.15 Å². The minimum atomic E-state index is -0.559. The van der Waals surface area contributed by atoms with Crippen LogP contribution in [0.3, 0.4) is 0 Å². The Labute approximate surface area is 131 Å². The summed E-state index contributed by atoms with van der Waals surface area (Å²) in [7, 11) is 0. The first-order chi connectivity index (χ1) is 10.5. The van der Waals surface area contributed by atoms with Crippen molar-refractivity contribution in [2.24, 2.45) is 0 Å². The number of nitro groups is 1. The van der Waals surface area contributed by atoms with E-state index in [1.54, 1.807) is 25.1 Å². The number of carbonyl (C=O) groups is 1. The number of nitro benzene ring substituents is 1. The molecule has 22 heavy (non-hydrogen) atoms. The summed E-state index contributed by atoms with van der Waals surface area (Å²) >= 11 is 5.76. The highest BCUT2D eigenvalue weighted by Gasteiger charge is 2.15. The summed E-state index contributed by atoms with van der Waals surface area (Å²) in [6.45, 7) is 2.01. The monoisotopic (exact) mass is 321 g/mol. The van der Waals surface area contributed by atoms with Crippen molar-refractivity contribution in [3.63, 3.8) is 0 Å². The van der Waals surface area contributed by atoms with E-state index >= 15 is 0 Å². The Balaban J connectivity index is 2.23. The summed E-state index contributed by atoms with van der Waals surface area (Å²) in [6.07, 6.45) is 2.71. The number of rotatable bonds is 5. The Morgan fingerprint density at radius 2 is 2.18 bits per heavy atom. The van der Waals surface area contributed by atoms with E-state index in [1.807, 2.05) is 0 Å². The molecule has 0 bridgehead atoms. The predicted octanol–water partition coefficient (Wildman–Crippen LogP) is 4.08. The second-order valence-electron chi connectivity index (χ2n) is 4.21. The van der Waals surface area contributed by atoms with Crippen LogP contribution in [0.5, 0.6) is 0 Å². The van der Waals surface area contributed by atoms with Crippen molar-refractivity contribution in [1.29, 1.82) is 0 Å². The maximum atomic E-state index is 11.2. The number of carbonyl (C=O) groups excluding carboxylic acids is 1. The largest absolute Gasteiger partial charge is 0.463 e. The van der Waals surface area contributed by atoms with E-state index in [9.17, 15) is 14.9 Å². The molecule has 0 unspecified atom stereocenters. The van der Waals surface area contributed by atoms with Crippen LogP contribution >= 0.6 is 11.6 Å². The summed E-state index contributed by atoms with van der Waals surface area (Å²) in [5, 5.41) is 10.9. The maximum Gasteiger partial charge on any atom is 0.330 e. The molecule has 7 heteroatoms. The van der Waals surface area contributed by atoms with Gasteiger partial charge in [-0.15, -0.1) is 0 Å². The lowest BCUT2D eigenvalue weighted by Crippen LogP contribution is -1.98. The van der Waals surface area contributed by atoms with Crippen molar-refractivity contribution in [2.45, 2.75) is 6.92 Å². The van der Waals surface area contributed by atoms with Crippen LogP contribution in [0.25, 0.3) is 17.4 Å². The van der Waals surface area contributed by atoms with Gasteiger partial charge in [0.25, 0.3) is 5.69 Å². The molecule has 0 radical (unpaired) electrons. The van der Waals surface area contributed by atoms with E-state index in [1.165, 1.54) is 24.3 Å². The average molecular weight is 322 g/mol. The van der Waals surface area contributed by atoms with Crippen LogP contribution in [0, 0.1) is 10.1 Å². The zero-order chi connectivity index (χ0) is 16.1. The average Bonchev–Trinajstić information content (AvgIpc) is 2.94. The third-order valence-corrected chi connectivity index (χ3v) is 3.04. The second kappa shape index (κ2) is 6.91. The van der Waals surface area contributed by atoms with Crippen molar-refractivity contribution in [1.82, 2.24) is 0 Å². The molecule has 0 aliphatic heterocycles. The van der Waals surface area contributed by atoms with E-state index < -0.39 is 10.9 Å². The van der Waals surface area contributed by atoms with Crippen molar-refractivity contribution in [2.75, 3.05) is 6.61 Å². The SMILES string of the molecule is CCOC(=O)C=Cc1ccc(-c2ccc(Cl)c([N+](=O)[O-])c2)o1. The molecule has 1 aromatic heterocycles. The Morgan fingerprint density at radius 3 is 2.86 bits per heavy atom. The molecule has 1 aromatic carbocycles. The summed E-state index contributed by atoms with van der Waals surface area (Å²) < 4.78 is 10.3. The van der Waals surface area contributed by atoms with E-state index in [0.717, 1.165) is 0 Å². The van der Waals surface area contributed by atoms with Crippen molar-refractivity contribution in [3.05, 3.63) is 57.3 Å². The van der Waals surface area contributed by atoms with Crippen molar-refractivity contribution >= 4 is 29.3 Å². The molecule has 6 nitrogen and oxygen atoms in total. The van der Waals surface area contributed by atoms with E-state index in [0.29, 0.717) is 23.7 Å². The van der Waals surface area contributed by atoms with Crippen molar-refractivity contribution in [3.8, 4) is 11.3 Å². The van der Waals surface area contributed by atoms with Gasteiger partial charge in [-0.1, -0.05) is 11.6 Å². The van der Waals surface area contributed by atoms with Crippen LogP contribution in [0.4, 0.5) is 5.69 Å². The summed E-state index contributed by atoms with van der Waals surface area (Å²) in [5.74, 6) is 0.395. The number of ether oxygens (including phenoxy) is 1. The zero-order valence-electron chi connectivity index (χ0n) is 11.6. The molecule has 0 atom stereocenters. The molecule has 0 fully saturated rings. The van der Waals surface area contributed by atoms with Gasteiger partial charge in [0.2, 0.25) is 0 Å². The fourth-order valence-corrected chi connectivity index (χ4v) is 1.93. The molecule has 0 saturated heterocycles. The fraction of sp³-hybridized carbons (Fsp3) is 0.133. The van der Waals surface area contributed by atoms with Gasteiger partial charge in [0.05, 0.1) is 11.5 Å². The minimum Gasteiger partial charge on any atom is -0.463 e. The molecule has 0 aliphatic rings. The predicted molar refractivity (Wildman–Crippen MR) is 81.5 cm³/mol. The topological polar surface area (TPSA) is 82.6 Å². The van der Waals surface area contributed by atoms with Crippen LogP contribution in [-0.2, 0) is 9.53 Å². The molecular formula is C15H12ClNO5. The number of benzene rings is 1. The third-order valence-electron chi connectivity index (χ3n) is 2.72. The van der Waals surface area contributed by atoms with Crippen LogP contribution < -0.4 is 0 Å². The summed E-state index contributed by atoms with van der Waals surface area (Å²) in [4.78, 5) is 21.5. The van der Waals surface area contributed by atoms with E-state index in [4.69, 9.17) is 20.8 Å². The molecule has 0 spiro atoms. The quantitative estimate of drug-likeness (QED) is 0.358.